The van der Waals surface area contributed by atoms with E-state index in [9.17, 15) is 4.79 Å². The van der Waals surface area contributed by atoms with Crippen LogP contribution in [-0.2, 0) is 11.2 Å². The van der Waals surface area contributed by atoms with Crippen LogP contribution in [0, 0.1) is 5.92 Å². The lowest BCUT2D eigenvalue weighted by atomic mass is 9.97. The molecule has 1 amide bonds. The summed E-state index contributed by atoms with van der Waals surface area (Å²) in [5, 5.41) is 5.17. The SMILES string of the molecule is O=C(c1ccc2ccccc2n1)N1CCCC(c2nc(CCOCC3CCCC3)no2)C1. The molecule has 1 saturated carbocycles. The summed E-state index contributed by atoms with van der Waals surface area (Å²) in [5.41, 5.74) is 1.32. The van der Waals surface area contributed by atoms with Crippen LogP contribution in [0.25, 0.3) is 10.9 Å². The molecule has 32 heavy (non-hydrogen) atoms. The summed E-state index contributed by atoms with van der Waals surface area (Å²) in [4.78, 5) is 24.1. The molecule has 168 valence electrons. The van der Waals surface area contributed by atoms with E-state index in [0.717, 1.165) is 42.8 Å². The molecule has 7 nitrogen and oxygen atoms in total. The van der Waals surface area contributed by atoms with Crippen molar-refractivity contribution in [1.29, 1.82) is 0 Å². The van der Waals surface area contributed by atoms with E-state index in [1.165, 1.54) is 25.7 Å². The fourth-order valence-electron chi connectivity index (χ4n) is 4.84. The Morgan fingerprint density at radius 2 is 1.94 bits per heavy atom. The van der Waals surface area contributed by atoms with E-state index in [4.69, 9.17) is 9.26 Å². The van der Waals surface area contributed by atoms with Gasteiger partial charge in [0.2, 0.25) is 5.89 Å². The largest absolute Gasteiger partial charge is 0.381 e. The molecule has 5 rings (SSSR count). The number of carbonyl (C=O) groups excluding carboxylic acids is 1. The van der Waals surface area contributed by atoms with E-state index in [2.05, 4.69) is 15.1 Å². The number of aromatic nitrogens is 3. The fraction of sp³-hybridized carbons (Fsp3) is 0.520. The highest BCUT2D eigenvalue weighted by atomic mass is 16.5. The van der Waals surface area contributed by atoms with Gasteiger partial charge in [0.25, 0.3) is 5.91 Å². The first kappa shape index (κ1) is 21.1. The van der Waals surface area contributed by atoms with Crippen LogP contribution >= 0.6 is 0 Å². The number of amides is 1. The number of rotatable bonds is 7. The summed E-state index contributed by atoms with van der Waals surface area (Å²) in [6.07, 6.45) is 7.75. The summed E-state index contributed by atoms with van der Waals surface area (Å²) in [6, 6.07) is 11.6. The Kier molecular flexibility index (Phi) is 6.44. The zero-order valence-corrected chi connectivity index (χ0v) is 18.4. The maximum Gasteiger partial charge on any atom is 0.272 e. The van der Waals surface area contributed by atoms with Crippen LogP contribution in [0.3, 0.4) is 0 Å². The van der Waals surface area contributed by atoms with Gasteiger partial charge in [-0.3, -0.25) is 4.79 Å². The Hall–Kier alpha value is -2.80. The van der Waals surface area contributed by atoms with Crippen LogP contribution in [0.5, 0.6) is 0 Å². The third-order valence-electron chi connectivity index (χ3n) is 6.66. The molecule has 1 saturated heterocycles. The van der Waals surface area contributed by atoms with Crippen molar-refractivity contribution in [3.05, 3.63) is 53.8 Å². The van der Waals surface area contributed by atoms with Gasteiger partial charge in [-0.15, -0.1) is 0 Å². The van der Waals surface area contributed by atoms with Crippen molar-refractivity contribution in [1.82, 2.24) is 20.0 Å². The van der Waals surface area contributed by atoms with Crippen LogP contribution in [-0.4, -0.2) is 52.2 Å². The molecule has 0 radical (unpaired) electrons. The average molecular weight is 435 g/mol. The Bertz CT molecular complexity index is 1060. The predicted molar refractivity (Wildman–Crippen MR) is 120 cm³/mol. The van der Waals surface area contributed by atoms with Crippen LogP contribution in [0.4, 0.5) is 0 Å². The lowest BCUT2D eigenvalue weighted by Gasteiger charge is -2.30. The van der Waals surface area contributed by atoms with E-state index in [-0.39, 0.29) is 11.8 Å². The summed E-state index contributed by atoms with van der Waals surface area (Å²) in [5.74, 6) is 2.05. The molecule has 1 unspecified atom stereocenters. The number of ether oxygens (including phenoxy) is 1. The summed E-state index contributed by atoms with van der Waals surface area (Å²) in [6.45, 7) is 2.76. The zero-order valence-electron chi connectivity index (χ0n) is 18.4. The third-order valence-corrected chi connectivity index (χ3v) is 6.66. The summed E-state index contributed by atoms with van der Waals surface area (Å²) < 4.78 is 11.4. The van der Waals surface area contributed by atoms with Gasteiger partial charge in [-0.05, 0) is 43.7 Å². The van der Waals surface area contributed by atoms with Crippen LogP contribution in [0.15, 0.2) is 40.9 Å². The maximum atomic E-state index is 13.1. The lowest BCUT2D eigenvalue weighted by Crippen LogP contribution is -2.39. The number of hydrogen-bond acceptors (Lipinski definition) is 6. The first-order valence-corrected chi connectivity index (χ1v) is 11.8. The summed E-state index contributed by atoms with van der Waals surface area (Å²) in [7, 11) is 0. The molecule has 1 atom stereocenters. The molecule has 3 aromatic rings. The third kappa shape index (κ3) is 4.83. The normalized spacial score (nSPS) is 19.6. The van der Waals surface area contributed by atoms with Crippen molar-refractivity contribution in [2.75, 3.05) is 26.3 Å². The molecular formula is C25H30N4O3. The van der Waals surface area contributed by atoms with E-state index in [1.807, 2.05) is 41.3 Å². The number of para-hydroxylation sites is 1. The second-order valence-electron chi connectivity index (χ2n) is 9.00. The van der Waals surface area contributed by atoms with Gasteiger partial charge in [0.1, 0.15) is 5.69 Å². The van der Waals surface area contributed by atoms with E-state index < -0.39 is 0 Å². The Morgan fingerprint density at radius 1 is 1.06 bits per heavy atom. The number of piperidine rings is 1. The van der Waals surface area contributed by atoms with Gasteiger partial charge in [-0.1, -0.05) is 42.3 Å². The van der Waals surface area contributed by atoms with Crippen molar-refractivity contribution in [3.63, 3.8) is 0 Å². The summed E-state index contributed by atoms with van der Waals surface area (Å²) >= 11 is 0. The minimum atomic E-state index is -0.0412. The maximum absolute atomic E-state index is 13.1. The highest BCUT2D eigenvalue weighted by Crippen LogP contribution is 2.27. The molecule has 3 heterocycles. The van der Waals surface area contributed by atoms with Crippen molar-refractivity contribution in [2.24, 2.45) is 5.92 Å². The van der Waals surface area contributed by atoms with Crippen LogP contribution in [0.2, 0.25) is 0 Å². The van der Waals surface area contributed by atoms with E-state index in [0.29, 0.717) is 37.0 Å². The first-order chi connectivity index (χ1) is 15.8. The van der Waals surface area contributed by atoms with Crippen LogP contribution < -0.4 is 0 Å². The molecular weight excluding hydrogens is 404 g/mol. The molecule has 0 N–H and O–H groups in total. The van der Waals surface area contributed by atoms with Gasteiger partial charge in [0.05, 0.1) is 18.0 Å². The van der Waals surface area contributed by atoms with Crippen molar-refractivity contribution < 1.29 is 14.1 Å². The standard InChI is InChI=1S/C25H30N4O3/c30-25(22-12-11-19-8-3-4-10-21(19)26-22)29-14-5-9-20(16-29)24-27-23(28-32-24)13-15-31-17-18-6-1-2-7-18/h3-4,8,10-12,18,20H,1-2,5-7,9,13-17H2. The minimum Gasteiger partial charge on any atom is -0.381 e. The number of fused-ring (bicyclic) bond motifs is 1. The molecule has 0 spiro atoms. The van der Waals surface area contributed by atoms with Gasteiger partial charge < -0.3 is 14.2 Å². The van der Waals surface area contributed by atoms with Crippen molar-refractivity contribution in [2.45, 2.75) is 50.9 Å². The van der Waals surface area contributed by atoms with Gasteiger partial charge in [0, 0.05) is 31.5 Å². The Labute approximate surface area is 188 Å². The molecule has 0 bridgehead atoms. The number of nitrogens with zero attached hydrogens (tertiary/aromatic N) is 4. The topological polar surface area (TPSA) is 81.4 Å². The molecule has 1 aliphatic heterocycles. The monoisotopic (exact) mass is 434 g/mol. The number of carbonyl (C=O) groups is 1. The minimum absolute atomic E-state index is 0.0412. The molecule has 2 fully saturated rings. The first-order valence-electron chi connectivity index (χ1n) is 11.8. The Balaban J connectivity index is 1.17. The number of pyridine rings is 1. The lowest BCUT2D eigenvalue weighted by molar-refractivity contribution is 0.0690. The second kappa shape index (κ2) is 9.77. The predicted octanol–water partition coefficient (Wildman–Crippen LogP) is 4.39. The smallest absolute Gasteiger partial charge is 0.272 e. The highest BCUT2D eigenvalue weighted by Gasteiger charge is 2.29. The molecule has 1 aliphatic carbocycles. The van der Waals surface area contributed by atoms with Crippen molar-refractivity contribution in [3.8, 4) is 0 Å². The molecule has 7 heteroatoms. The van der Waals surface area contributed by atoms with E-state index in [1.54, 1.807) is 0 Å². The fourth-order valence-corrected chi connectivity index (χ4v) is 4.84. The van der Waals surface area contributed by atoms with E-state index >= 15 is 0 Å². The van der Waals surface area contributed by atoms with Gasteiger partial charge >= 0.3 is 0 Å². The molecule has 2 aromatic heterocycles. The number of benzene rings is 1. The quantitative estimate of drug-likeness (QED) is 0.513. The zero-order chi connectivity index (χ0) is 21.8. The molecule has 2 aliphatic rings. The number of hydrogen-bond donors (Lipinski definition) is 0. The second-order valence-corrected chi connectivity index (χ2v) is 9.00. The average Bonchev–Trinajstić information content (AvgIpc) is 3.53. The van der Waals surface area contributed by atoms with Crippen molar-refractivity contribution >= 4 is 16.8 Å². The Morgan fingerprint density at radius 3 is 2.84 bits per heavy atom. The van der Waals surface area contributed by atoms with Crippen LogP contribution in [0.1, 0.15) is 66.6 Å². The van der Waals surface area contributed by atoms with Gasteiger partial charge in [0.15, 0.2) is 5.82 Å². The van der Waals surface area contributed by atoms with Gasteiger partial charge in [-0.2, -0.15) is 4.98 Å². The number of likely N-dealkylation sites (tertiary alicyclic amines) is 1. The van der Waals surface area contributed by atoms with Gasteiger partial charge in [-0.25, -0.2) is 4.98 Å². The highest BCUT2D eigenvalue weighted by molar-refractivity contribution is 5.95. The molecule has 1 aromatic carbocycles.